The first-order valence-corrected chi connectivity index (χ1v) is 7.54. The third-order valence-electron chi connectivity index (χ3n) is 3.83. The number of hydrogen-bond acceptors (Lipinski definition) is 4. The minimum absolute atomic E-state index is 0.130. The van der Waals surface area contributed by atoms with Crippen LogP contribution in [0.3, 0.4) is 0 Å². The molecule has 2 rings (SSSR count). The summed E-state index contributed by atoms with van der Waals surface area (Å²) in [6.45, 7) is 9.66. The monoisotopic (exact) mass is 277 g/mol. The molecule has 0 spiro atoms. The smallest absolute Gasteiger partial charge is 0.128 e. The molecule has 0 saturated carbocycles. The van der Waals surface area contributed by atoms with Crippen LogP contribution in [0.25, 0.3) is 0 Å². The third kappa shape index (κ3) is 4.46. The van der Waals surface area contributed by atoms with Crippen molar-refractivity contribution in [2.24, 2.45) is 5.92 Å². The summed E-state index contributed by atoms with van der Waals surface area (Å²) in [5, 5.41) is 12.6. The van der Waals surface area contributed by atoms with Crippen LogP contribution in [0.5, 0.6) is 0 Å². The molecule has 1 aromatic heterocycles. The predicted octanol–water partition coefficient (Wildman–Crippen LogP) is 2.18. The lowest BCUT2D eigenvalue weighted by molar-refractivity contribution is 0.203. The highest BCUT2D eigenvalue weighted by Gasteiger charge is 2.19. The highest BCUT2D eigenvalue weighted by atomic mass is 16.3. The minimum atomic E-state index is 0.130. The van der Waals surface area contributed by atoms with Gasteiger partial charge in [-0.2, -0.15) is 0 Å². The van der Waals surface area contributed by atoms with Crippen molar-refractivity contribution in [2.45, 2.75) is 45.7 Å². The quantitative estimate of drug-likeness (QED) is 0.885. The van der Waals surface area contributed by atoms with E-state index in [1.54, 1.807) is 0 Å². The van der Waals surface area contributed by atoms with Crippen LogP contribution < -0.4 is 10.2 Å². The van der Waals surface area contributed by atoms with Crippen molar-refractivity contribution in [3.05, 3.63) is 23.9 Å². The Kier molecular flexibility index (Phi) is 5.00. The molecule has 1 aromatic rings. The SMILES string of the molecule is CC(C)(C)NCc1ccc(N2CCC(CO)CC2)nc1. The van der Waals surface area contributed by atoms with Gasteiger partial charge in [0.2, 0.25) is 0 Å². The van der Waals surface area contributed by atoms with E-state index in [2.05, 4.69) is 48.1 Å². The largest absolute Gasteiger partial charge is 0.396 e. The molecule has 0 unspecified atom stereocenters. The molecule has 1 fully saturated rings. The van der Waals surface area contributed by atoms with Crippen molar-refractivity contribution in [1.82, 2.24) is 10.3 Å². The van der Waals surface area contributed by atoms with Gasteiger partial charge in [0.05, 0.1) is 0 Å². The van der Waals surface area contributed by atoms with Crippen molar-refractivity contribution in [2.75, 3.05) is 24.6 Å². The van der Waals surface area contributed by atoms with Gasteiger partial charge in [-0.1, -0.05) is 6.07 Å². The highest BCUT2D eigenvalue weighted by molar-refractivity contribution is 5.39. The van der Waals surface area contributed by atoms with Crippen LogP contribution in [0.2, 0.25) is 0 Å². The van der Waals surface area contributed by atoms with Gasteiger partial charge >= 0.3 is 0 Å². The van der Waals surface area contributed by atoms with Gasteiger partial charge in [0.1, 0.15) is 5.82 Å². The zero-order valence-electron chi connectivity index (χ0n) is 12.9. The Hall–Kier alpha value is -1.13. The number of rotatable bonds is 4. The molecular weight excluding hydrogens is 250 g/mol. The Bertz CT molecular complexity index is 403. The fourth-order valence-electron chi connectivity index (χ4n) is 2.42. The third-order valence-corrected chi connectivity index (χ3v) is 3.83. The summed E-state index contributed by atoms with van der Waals surface area (Å²) in [5.41, 5.74) is 1.35. The Morgan fingerprint density at radius 2 is 2.00 bits per heavy atom. The first-order valence-electron chi connectivity index (χ1n) is 7.54. The fourth-order valence-corrected chi connectivity index (χ4v) is 2.42. The predicted molar refractivity (Wildman–Crippen MR) is 82.9 cm³/mol. The zero-order valence-corrected chi connectivity index (χ0v) is 12.9. The second-order valence-electron chi connectivity index (χ2n) is 6.74. The second-order valence-corrected chi connectivity index (χ2v) is 6.74. The summed E-state index contributed by atoms with van der Waals surface area (Å²) in [6.07, 6.45) is 4.09. The van der Waals surface area contributed by atoms with E-state index < -0.39 is 0 Å². The summed E-state index contributed by atoms with van der Waals surface area (Å²) in [5.74, 6) is 1.53. The lowest BCUT2D eigenvalue weighted by atomic mass is 9.98. The number of nitrogens with zero attached hydrogens (tertiary/aromatic N) is 2. The van der Waals surface area contributed by atoms with Crippen LogP contribution in [-0.2, 0) is 6.54 Å². The molecule has 4 heteroatoms. The maximum Gasteiger partial charge on any atom is 0.128 e. The molecule has 2 N–H and O–H groups in total. The number of hydrogen-bond donors (Lipinski definition) is 2. The van der Waals surface area contributed by atoms with Crippen LogP contribution >= 0.6 is 0 Å². The van der Waals surface area contributed by atoms with Gasteiger partial charge in [0.25, 0.3) is 0 Å². The van der Waals surface area contributed by atoms with Crippen LogP contribution in [0, 0.1) is 5.92 Å². The van der Waals surface area contributed by atoms with Gasteiger partial charge in [-0.3, -0.25) is 0 Å². The van der Waals surface area contributed by atoms with Crippen molar-refractivity contribution in [3.8, 4) is 0 Å². The molecule has 0 aliphatic carbocycles. The van der Waals surface area contributed by atoms with E-state index in [-0.39, 0.29) is 5.54 Å². The average Bonchev–Trinajstić information content (AvgIpc) is 2.45. The van der Waals surface area contributed by atoms with Crippen LogP contribution in [-0.4, -0.2) is 35.3 Å². The summed E-state index contributed by atoms with van der Waals surface area (Å²) >= 11 is 0. The number of aliphatic hydroxyl groups excluding tert-OH is 1. The van der Waals surface area contributed by atoms with Gasteiger partial charge < -0.3 is 15.3 Å². The Morgan fingerprint density at radius 3 is 2.50 bits per heavy atom. The lowest BCUT2D eigenvalue weighted by Gasteiger charge is -2.32. The van der Waals surface area contributed by atoms with Gasteiger partial charge in [-0.15, -0.1) is 0 Å². The Balaban J connectivity index is 1.88. The molecule has 0 radical (unpaired) electrons. The van der Waals surface area contributed by atoms with Crippen LogP contribution in [0.15, 0.2) is 18.3 Å². The van der Waals surface area contributed by atoms with E-state index in [0.717, 1.165) is 38.3 Å². The van der Waals surface area contributed by atoms with Crippen LogP contribution in [0.1, 0.15) is 39.2 Å². The molecule has 20 heavy (non-hydrogen) atoms. The first kappa shape index (κ1) is 15.3. The van der Waals surface area contributed by atoms with E-state index in [1.807, 2.05) is 6.20 Å². The molecule has 4 nitrogen and oxygen atoms in total. The first-order chi connectivity index (χ1) is 9.48. The Morgan fingerprint density at radius 1 is 1.30 bits per heavy atom. The summed E-state index contributed by atoms with van der Waals surface area (Å²) < 4.78 is 0. The molecule has 1 aliphatic heterocycles. The average molecular weight is 277 g/mol. The number of aliphatic hydroxyl groups is 1. The van der Waals surface area contributed by atoms with Crippen molar-refractivity contribution >= 4 is 5.82 Å². The number of nitrogens with one attached hydrogen (secondary N) is 1. The number of piperidine rings is 1. The van der Waals surface area contributed by atoms with Crippen molar-refractivity contribution in [3.63, 3.8) is 0 Å². The Labute approximate surface area is 122 Å². The van der Waals surface area contributed by atoms with Gasteiger partial charge in [-0.05, 0) is 51.2 Å². The molecular formula is C16H27N3O. The molecule has 0 bridgehead atoms. The zero-order chi connectivity index (χ0) is 14.6. The molecule has 1 aliphatic rings. The molecule has 0 atom stereocenters. The maximum absolute atomic E-state index is 9.17. The maximum atomic E-state index is 9.17. The van der Waals surface area contributed by atoms with Crippen molar-refractivity contribution < 1.29 is 5.11 Å². The van der Waals surface area contributed by atoms with Gasteiger partial charge in [0.15, 0.2) is 0 Å². The fraction of sp³-hybridized carbons (Fsp3) is 0.688. The summed E-state index contributed by atoms with van der Waals surface area (Å²) in [4.78, 5) is 6.89. The number of anilines is 1. The standard InChI is InChI=1S/C16H27N3O/c1-16(2,3)18-11-14-4-5-15(17-10-14)19-8-6-13(12-20)7-9-19/h4-5,10,13,18,20H,6-9,11-12H2,1-3H3. The summed E-state index contributed by atoms with van der Waals surface area (Å²) in [6, 6.07) is 4.26. The number of aromatic nitrogens is 1. The lowest BCUT2D eigenvalue weighted by Crippen LogP contribution is -2.36. The van der Waals surface area contributed by atoms with Gasteiger partial charge in [-0.25, -0.2) is 4.98 Å². The molecule has 2 heterocycles. The van der Waals surface area contributed by atoms with E-state index in [1.165, 1.54) is 5.56 Å². The van der Waals surface area contributed by atoms with E-state index >= 15 is 0 Å². The molecule has 112 valence electrons. The molecule has 1 saturated heterocycles. The number of pyridine rings is 1. The minimum Gasteiger partial charge on any atom is -0.396 e. The second kappa shape index (κ2) is 6.55. The van der Waals surface area contributed by atoms with E-state index in [9.17, 15) is 0 Å². The van der Waals surface area contributed by atoms with E-state index in [4.69, 9.17) is 5.11 Å². The topological polar surface area (TPSA) is 48.4 Å². The highest BCUT2D eigenvalue weighted by Crippen LogP contribution is 2.21. The van der Waals surface area contributed by atoms with Crippen molar-refractivity contribution in [1.29, 1.82) is 0 Å². The van der Waals surface area contributed by atoms with E-state index in [0.29, 0.717) is 12.5 Å². The normalized spacial score (nSPS) is 17.5. The molecule has 0 aromatic carbocycles. The summed E-state index contributed by atoms with van der Waals surface area (Å²) in [7, 11) is 0. The molecule has 0 amide bonds. The van der Waals surface area contributed by atoms with Gasteiger partial charge in [0, 0.05) is 38.0 Å². The van der Waals surface area contributed by atoms with Crippen LogP contribution in [0.4, 0.5) is 5.82 Å².